The number of hydrogen-bond donors (Lipinski definition) is 3. The molecule has 7 heteroatoms. The summed E-state index contributed by atoms with van der Waals surface area (Å²) < 4.78 is 5.05. The Hall–Kier alpha value is -2.41. The standard InChI is InChI=1S/C13H17N5O2/c1-7-4-10(5-12(16-7)17-14)13(19)15-6-11-8(2)18-20-9(11)3/h4-5H,6,14H2,1-3H3,(H,15,19)(H,16,17). The van der Waals surface area contributed by atoms with E-state index in [1.807, 2.05) is 13.8 Å². The highest BCUT2D eigenvalue weighted by molar-refractivity contribution is 5.94. The average molecular weight is 275 g/mol. The molecule has 2 rings (SSSR count). The second-order valence-corrected chi connectivity index (χ2v) is 4.51. The number of rotatable bonds is 4. The number of carbonyl (C=O) groups excluding carboxylic acids is 1. The predicted octanol–water partition coefficient (Wildman–Crippen LogP) is 1.21. The van der Waals surface area contributed by atoms with Crippen molar-refractivity contribution < 1.29 is 9.32 Å². The Kier molecular flexibility index (Phi) is 3.99. The first kappa shape index (κ1) is 14.0. The maximum atomic E-state index is 12.1. The zero-order valence-corrected chi connectivity index (χ0v) is 11.7. The third kappa shape index (κ3) is 2.94. The Morgan fingerprint density at radius 2 is 2.10 bits per heavy atom. The van der Waals surface area contributed by atoms with Gasteiger partial charge in [-0.1, -0.05) is 5.16 Å². The zero-order valence-electron chi connectivity index (χ0n) is 11.7. The van der Waals surface area contributed by atoms with Crippen LogP contribution in [0.5, 0.6) is 0 Å². The molecular formula is C13H17N5O2. The molecule has 106 valence electrons. The minimum absolute atomic E-state index is 0.202. The van der Waals surface area contributed by atoms with Crippen LogP contribution in [0.2, 0.25) is 0 Å². The Labute approximate surface area is 116 Å². The molecule has 0 aliphatic rings. The van der Waals surface area contributed by atoms with Crippen LogP contribution in [0.25, 0.3) is 0 Å². The summed E-state index contributed by atoms with van der Waals surface area (Å²) in [4.78, 5) is 16.3. The maximum absolute atomic E-state index is 12.1. The third-order valence-electron chi connectivity index (χ3n) is 2.97. The van der Waals surface area contributed by atoms with Gasteiger partial charge >= 0.3 is 0 Å². The minimum atomic E-state index is -0.202. The van der Waals surface area contributed by atoms with Crippen LogP contribution in [0.1, 0.15) is 33.1 Å². The Balaban J connectivity index is 2.11. The zero-order chi connectivity index (χ0) is 14.7. The molecule has 7 nitrogen and oxygen atoms in total. The van der Waals surface area contributed by atoms with Crippen LogP contribution in [0.3, 0.4) is 0 Å². The maximum Gasteiger partial charge on any atom is 0.251 e. The molecule has 0 atom stereocenters. The molecule has 0 radical (unpaired) electrons. The molecule has 2 aromatic rings. The number of aryl methyl sites for hydroxylation is 3. The van der Waals surface area contributed by atoms with Crippen molar-refractivity contribution in [2.24, 2.45) is 5.84 Å². The highest BCUT2D eigenvalue weighted by Crippen LogP contribution is 2.13. The summed E-state index contributed by atoms with van der Waals surface area (Å²) >= 11 is 0. The molecule has 0 bridgehead atoms. The van der Waals surface area contributed by atoms with Crippen molar-refractivity contribution in [2.45, 2.75) is 27.3 Å². The van der Waals surface area contributed by atoms with Crippen molar-refractivity contribution in [3.05, 3.63) is 40.4 Å². The molecule has 0 aliphatic carbocycles. The van der Waals surface area contributed by atoms with Gasteiger partial charge in [-0.05, 0) is 32.9 Å². The van der Waals surface area contributed by atoms with E-state index in [9.17, 15) is 4.79 Å². The molecule has 4 N–H and O–H groups in total. The lowest BCUT2D eigenvalue weighted by atomic mass is 10.2. The molecule has 0 spiro atoms. The number of aromatic nitrogens is 2. The van der Waals surface area contributed by atoms with Crippen molar-refractivity contribution in [3.63, 3.8) is 0 Å². The molecule has 0 aliphatic heterocycles. The first-order chi connectivity index (χ1) is 9.51. The SMILES string of the molecule is Cc1cc(C(=O)NCc2c(C)noc2C)cc(NN)n1. The number of hydrazine groups is 1. The molecule has 1 amide bonds. The molecule has 20 heavy (non-hydrogen) atoms. The Morgan fingerprint density at radius 3 is 2.70 bits per heavy atom. The van der Waals surface area contributed by atoms with E-state index in [-0.39, 0.29) is 5.91 Å². The summed E-state index contributed by atoms with van der Waals surface area (Å²) in [6.45, 7) is 5.82. The van der Waals surface area contributed by atoms with Gasteiger partial charge in [-0.25, -0.2) is 10.8 Å². The van der Waals surface area contributed by atoms with Gasteiger partial charge in [-0.2, -0.15) is 0 Å². The first-order valence-corrected chi connectivity index (χ1v) is 6.16. The fourth-order valence-corrected chi connectivity index (χ4v) is 1.90. The molecule has 0 aromatic carbocycles. The van der Waals surface area contributed by atoms with Gasteiger partial charge in [0, 0.05) is 23.4 Å². The summed E-state index contributed by atoms with van der Waals surface area (Å²) in [6.07, 6.45) is 0. The van der Waals surface area contributed by atoms with Crippen molar-refractivity contribution in [3.8, 4) is 0 Å². The number of nitrogens with one attached hydrogen (secondary N) is 2. The van der Waals surface area contributed by atoms with Gasteiger partial charge < -0.3 is 15.3 Å². The number of pyridine rings is 1. The van der Waals surface area contributed by atoms with E-state index in [0.717, 1.165) is 11.3 Å². The first-order valence-electron chi connectivity index (χ1n) is 6.16. The minimum Gasteiger partial charge on any atom is -0.361 e. The van der Waals surface area contributed by atoms with Crippen molar-refractivity contribution in [1.82, 2.24) is 15.5 Å². The van der Waals surface area contributed by atoms with E-state index < -0.39 is 0 Å². The fourth-order valence-electron chi connectivity index (χ4n) is 1.90. The monoisotopic (exact) mass is 275 g/mol. The molecule has 0 saturated carbocycles. The normalized spacial score (nSPS) is 10.4. The lowest BCUT2D eigenvalue weighted by Gasteiger charge is -2.07. The van der Waals surface area contributed by atoms with Crippen LogP contribution >= 0.6 is 0 Å². The van der Waals surface area contributed by atoms with E-state index >= 15 is 0 Å². The van der Waals surface area contributed by atoms with Gasteiger partial charge in [0.2, 0.25) is 0 Å². The molecule has 0 fully saturated rings. The lowest BCUT2D eigenvalue weighted by Crippen LogP contribution is -2.24. The summed E-state index contributed by atoms with van der Waals surface area (Å²) in [6, 6.07) is 3.29. The number of anilines is 1. The summed E-state index contributed by atoms with van der Waals surface area (Å²) in [5.41, 5.74) is 5.31. The highest BCUT2D eigenvalue weighted by Gasteiger charge is 2.12. The van der Waals surface area contributed by atoms with Gasteiger partial charge in [-0.3, -0.25) is 4.79 Å². The van der Waals surface area contributed by atoms with E-state index in [4.69, 9.17) is 10.4 Å². The van der Waals surface area contributed by atoms with E-state index in [2.05, 4.69) is 20.9 Å². The number of nitrogens with two attached hydrogens (primary N) is 1. The van der Waals surface area contributed by atoms with E-state index in [1.54, 1.807) is 19.1 Å². The predicted molar refractivity (Wildman–Crippen MR) is 73.9 cm³/mol. The van der Waals surface area contributed by atoms with Gasteiger partial charge in [0.1, 0.15) is 11.6 Å². The smallest absolute Gasteiger partial charge is 0.251 e. The van der Waals surface area contributed by atoms with Crippen molar-refractivity contribution in [1.29, 1.82) is 0 Å². The lowest BCUT2D eigenvalue weighted by molar-refractivity contribution is 0.0950. The van der Waals surface area contributed by atoms with Crippen LogP contribution in [-0.4, -0.2) is 16.0 Å². The number of nitrogens with zero attached hydrogens (tertiary/aromatic N) is 2. The number of nitrogen functional groups attached to an aromatic ring is 1. The highest BCUT2D eigenvalue weighted by atomic mass is 16.5. The van der Waals surface area contributed by atoms with Gasteiger partial charge in [-0.15, -0.1) is 0 Å². The number of hydrogen-bond acceptors (Lipinski definition) is 6. The van der Waals surface area contributed by atoms with Gasteiger partial charge in [0.15, 0.2) is 0 Å². The van der Waals surface area contributed by atoms with Crippen molar-refractivity contribution in [2.75, 3.05) is 5.43 Å². The molecule has 0 unspecified atom stereocenters. The van der Waals surface area contributed by atoms with Crippen LogP contribution in [-0.2, 0) is 6.54 Å². The fraction of sp³-hybridized carbons (Fsp3) is 0.308. The van der Waals surface area contributed by atoms with Gasteiger partial charge in [0.05, 0.1) is 5.69 Å². The summed E-state index contributed by atoms with van der Waals surface area (Å²) in [7, 11) is 0. The van der Waals surface area contributed by atoms with Crippen LogP contribution in [0, 0.1) is 20.8 Å². The summed E-state index contributed by atoms with van der Waals surface area (Å²) in [5.74, 6) is 6.27. The van der Waals surface area contributed by atoms with Gasteiger partial charge in [0.25, 0.3) is 5.91 Å². The van der Waals surface area contributed by atoms with E-state index in [1.165, 1.54) is 0 Å². The second-order valence-electron chi connectivity index (χ2n) is 4.51. The Bertz CT molecular complexity index is 616. The number of amides is 1. The van der Waals surface area contributed by atoms with Crippen molar-refractivity contribution >= 4 is 11.7 Å². The molecule has 2 aromatic heterocycles. The third-order valence-corrected chi connectivity index (χ3v) is 2.97. The quantitative estimate of drug-likeness (QED) is 0.572. The largest absolute Gasteiger partial charge is 0.361 e. The van der Waals surface area contributed by atoms with Crippen LogP contribution in [0.4, 0.5) is 5.82 Å². The number of carbonyl (C=O) groups is 1. The molecule has 2 heterocycles. The molecule has 0 saturated heterocycles. The van der Waals surface area contributed by atoms with E-state index in [0.29, 0.717) is 29.4 Å². The van der Waals surface area contributed by atoms with Crippen LogP contribution in [0.15, 0.2) is 16.7 Å². The average Bonchev–Trinajstić information content (AvgIpc) is 2.74. The van der Waals surface area contributed by atoms with Crippen LogP contribution < -0.4 is 16.6 Å². The Morgan fingerprint density at radius 1 is 1.35 bits per heavy atom. The summed E-state index contributed by atoms with van der Waals surface area (Å²) in [5, 5.41) is 6.67. The second kappa shape index (κ2) is 5.70. The topological polar surface area (TPSA) is 106 Å². The molecular weight excluding hydrogens is 258 g/mol.